The summed E-state index contributed by atoms with van der Waals surface area (Å²) in [6, 6.07) is 16.4. The van der Waals surface area contributed by atoms with Gasteiger partial charge in [0.1, 0.15) is 0 Å². The number of hydrogen-bond donors (Lipinski definition) is 1. The van der Waals surface area contributed by atoms with Crippen molar-refractivity contribution in [1.82, 2.24) is 4.72 Å². The quantitative estimate of drug-likeness (QED) is 0.697. The van der Waals surface area contributed by atoms with Crippen molar-refractivity contribution in [3.8, 4) is 11.8 Å². The minimum absolute atomic E-state index is 0.282. The molecule has 0 saturated heterocycles. The van der Waals surface area contributed by atoms with E-state index in [-0.39, 0.29) is 4.90 Å². The van der Waals surface area contributed by atoms with E-state index in [1.165, 1.54) is 0 Å². The van der Waals surface area contributed by atoms with Gasteiger partial charge in [0.05, 0.1) is 4.90 Å². The number of rotatable bonds is 4. The summed E-state index contributed by atoms with van der Waals surface area (Å²) in [5, 5.41) is 0. The van der Waals surface area contributed by atoms with Crippen molar-refractivity contribution in [2.45, 2.75) is 18.2 Å². The average Bonchev–Trinajstić information content (AvgIpc) is 2.48. The Morgan fingerprint density at radius 2 is 1.67 bits per heavy atom. The highest BCUT2D eigenvalue weighted by molar-refractivity contribution is 7.89. The number of sulfonamides is 1. The van der Waals surface area contributed by atoms with Gasteiger partial charge in [0, 0.05) is 18.5 Å². The van der Waals surface area contributed by atoms with Crippen molar-refractivity contribution >= 4 is 10.0 Å². The van der Waals surface area contributed by atoms with Gasteiger partial charge in [-0.1, -0.05) is 47.7 Å². The Hall–Kier alpha value is -2.09. The first-order valence-electron chi connectivity index (χ1n) is 6.68. The summed E-state index contributed by atoms with van der Waals surface area (Å²) in [6.07, 6.45) is 0.472. The maximum Gasteiger partial charge on any atom is 0.240 e. The number of benzene rings is 2. The molecular weight excluding hydrogens is 282 g/mol. The Balaban J connectivity index is 1.88. The highest BCUT2D eigenvalue weighted by Gasteiger charge is 2.11. The summed E-state index contributed by atoms with van der Waals surface area (Å²) in [5.41, 5.74) is 1.96. The maximum atomic E-state index is 12.0. The molecule has 0 unspecified atom stereocenters. The van der Waals surface area contributed by atoms with Crippen LogP contribution in [0, 0.1) is 18.8 Å². The zero-order chi connectivity index (χ0) is 15.1. The van der Waals surface area contributed by atoms with Crippen LogP contribution in [0.4, 0.5) is 0 Å². The minimum atomic E-state index is -3.44. The van der Waals surface area contributed by atoms with Crippen molar-refractivity contribution in [2.75, 3.05) is 6.54 Å². The second kappa shape index (κ2) is 7.07. The fraction of sp³-hybridized carbons (Fsp3) is 0.176. The third-order valence-corrected chi connectivity index (χ3v) is 4.36. The lowest BCUT2D eigenvalue weighted by Gasteiger charge is -2.05. The van der Waals surface area contributed by atoms with Gasteiger partial charge in [0.2, 0.25) is 10.0 Å². The first-order valence-corrected chi connectivity index (χ1v) is 8.16. The Labute approximate surface area is 126 Å². The van der Waals surface area contributed by atoms with Gasteiger partial charge in [0.15, 0.2) is 0 Å². The Morgan fingerprint density at radius 3 is 2.33 bits per heavy atom. The van der Waals surface area contributed by atoms with Gasteiger partial charge in [-0.2, -0.15) is 0 Å². The van der Waals surface area contributed by atoms with E-state index in [9.17, 15) is 8.42 Å². The van der Waals surface area contributed by atoms with Crippen molar-refractivity contribution in [3.05, 3.63) is 65.7 Å². The molecule has 2 rings (SSSR count). The molecular formula is C17H17NO2S. The van der Waals surface area contributed by atoms with Crippen LogP contribution >= 0.6 is 0 Å². The van der Waals surface area contributed by atoms with Crippen LogP contribution < -0.4 is 4.72 Å². The lowest BCUT2D eigenvalue weighted by atomic mass is 10.2. The molecule has 0 aliphatic carbocycles. The standard InChI is InChI=1S/C17H17NO2S/c1-15-10-12-17(13-11-15)21(19,20)18-14-6-5-9-16-7-3-2-4-8-16/h2-4,7-8,10-13,18H,6,14H2,1H3. The zero-order valence-corrected chi connectivity index (χ0v) is 12.7. The molecule has 2 aromatic rings. The van der Waals surface area contributed by atoms with E-state index in [4.69, 9.17) is 0 Å². The van der Waals surface area contributed by atoms with E-state index in [1.807, 2.05) is 37.3 Å². The van der Waals surface area contributed by atoms with Gasteiger partial charge in [-0.05, 0) is 31.2 Å². The lowest BCUT2D eigenvalue weighted by molar-refractivity contribution is 0.582. The molecule has 0 atom stereocenters. The van der Waals surface area contributed by atoms with Gasteiger partial charge in [-0.3, -0.25) is 0 Å². The van der Waals surface area contributed by atoms with Crippen LogP contribution in [-0.2, 0) is 10.0 Å². The molecule has 2 aromatic carbocycles. The van der Waals surface area contributed by atoms with Gasteiger partial charge in [-0.15, -0.1) is 0 Å². The van der Waals surface area contributed by atoms with Crippen molar-refractivity contribution in [2.24, 2.45) is 0 Å². The molecule has 108 valence electrons. The second-order valence-corrected chi connectivity index (χ2v) is 6.40. The molecule has 1 N–H and O–H groups in total. The van der Waals surface area contributed by atoms with Crippen LogP contribution in [0.2, 0.25) is 0 Å². The first kappa shape index (κ1) is 15.3. The van der Waals surface area contributed by atoms with Gasteiger partial charge < -0.3 is 0 Å². The predicted molar refractivity (Wildman–Crippen MR) is 84.3 cm³/mol. The lowest BCUT2D eigenvalue weighted by Crippen LogP contribution is -2.24. The molecule has 4 heteroatoms. The van der Waals surface area contributed by atoms with Crippen LogP contribution in [0.25, 0.3) is 0 Å². The van der Waals surface area contributed by atoms with E-state index in [0.717, 1.165) is 11.1 Å². The van der Waals surface area contributed by atoms with Crippen LogP contribution in [0.15, 0.2) is 59.5 Å². The summed E-state index contributed by atoms with van der Waals surface area (Å²) in [7, 11) is -3.44. The van der Waals surface area contributed by atoms with Crippen LogP contribution in [0.1, 0.15) is 17.5 Å². The maximum absolute atomic E-state index is 12.0. The molecule has 0 radical (unpaired) electrons. The Kier molecular flexibility index (Phi) is 5.15. The van der Waals surface area contributed by atoms with Crippen molar-refractivity contribution in [1.29, 1.82) is 0 Å². The van der Waals surface area contributed by atoms with E-state index in [1.54, 1.807) is 24.3 Å². The molecule has 0 saturated carbocycles. The van der Waals surface area contributed by atoms with Gasteiger partial charge in [0.25, 0.3) is 0 Å². The first-order chi connectivity index (χ1) is 10.1. The van der Waals surface area contributed by atoms with Gasteiger partial charge >= 0.3 is 0 Å². The summed E-state index contributed by atoms with van der Waals surface area (Å²) in [5.74, 6) is 5.95. The predicted octanol–water partition coefficient (Wildman–Crippen LogP) is 2.72. The molecule has 0 aliphatic rings. The fourth-order valence-corrected chi connectivity index (χ4v) is 2.77. The largest absolute Gasteiger partial charge is 0.240 e. The monoisotopic (exact) mass is 299 g/mol. The number of nitrogens with one attached hydrogen (secondary N) is 1. The topological polar surface area (TPSA) is 46.2 Å². The summed E-state index contributed by atoms with van der Waals surface area (Å²) < 4.78 is 26.6. The molecule has 0 heterocycles. The number of aryl methyl sites for hydroxylation is 1. The van der Waals surface area contributed by atoms with E-state index >= 15 is 0 Å². The molecule has 0 aromatic heterocycles. The molecule has 0 bridgehead atoms. The molecule has 3 nitrogen and oxygen atoms in total. The van der Waals surface area contributed by atoms with Crippen LogP contribution in [0.5, 0.6) is 0 Å². The summed E-state index contributed by atoms with van der Waals surface area (Å²) >= 11 is 0. The molecule has 21 heavy (non-hydrogen) atoms. The average molecular weight is 299 g/mol. The minimum Gasteiger partial charge on any atom is -0.210 e. The smallest absolute Gasteiger partial charge is 0.210 e. The van der Waals surface area contributed by atoms with Crippen molar-refractivity contribution in [3.63, 3.8) is 0 Å². The third kappa shape index (κ3) is 4.75. The molecule has 0 amide bonds. The third-order valence-electron chi connectivity index (χ3n) is 2.88. The van der Waals surface area contributed by atoms with Crippen LogP contribution in [0.3, 0.4) is 0 Å². The van der Waals surface area contributed by atoms with Crippen LogP contribution in [-0.4, -0.2) is 15.0 Å². The Bertz CT molecular complexity index is 739. The molecule has 0 aliphatic heterocycles. The summed E-state index contributed by atoms with van der Waals surface area (Å²) in [4.78, 5) is 0.282. The van der Waals surface area contributed by atoms with E-state index in [0.29, 0.717) is 13.0 Å². The SMILES string of the molecule is Cc1ccc(S(=O)(=O)NCCC#Cc2ccccc2)cc1. The summed E-state index contributed by atoms with van der Waals surface area (Å²) in [6.45, 7) is 2.22. The highest BCUT2D eigenvalue weighted by atomic mass is 32.2. The molecule has 0 fully saturated rings. The number of hydrogen-bond acceptors (Lipinski definition) is 2. The van der Waals surface area contributed by atoms with Crippen molar-refractivity contribution < 1.29 is 8.42 Å². The normalized spacial score (nSPS) is 10.7. The second-order valence-electron chi connectivity index (χ2n) is 4.63. The molecule has 0 spiro atoms. The van der Waals surface area contributed by atoms with Gasteiger partial charge in [-0.25, -0.2) is 13.1 Å². The zero-order valence-electron chi connectivity index (χ0n) is 11.8. The fourth-order valence-electron chi connectivity index (χ4n) is 1.73. The van der Waals surface area contributed by atoms with E-state index < -0.39 is 10.0 Å². The Morgan fingerprint density at radius 1 is 1.00 bits per heavy atom. The highest BCUT2D eigenvalue weighted by Crippen LogP contribution is 2.09. The van der Waals surface area contributed by atoms with E-state index in [2.05, 4.69) is 16.6 Å².